The number of rotatable bonds is 6. The SMILES string of the molecule is C=C(C(C)C1CC1)[C@@H](N)CCSC. The highest BCUT2D eigenvalue weighted by atomic mass is 32.2. The van der Waals surface area contributed by atoms with E-state index in [2.05, 4.69) is 19.8 Å². The molecule has 0 aromatic carbocycles. The van der Waals surface area contributed by atoms with Gasteiger partial charge in [-0.2, -0.15) is 11.8 Å². The second-order valence-electron chi connectivity index (χ2n) is 4.09. The van der Waals surface area contributed by atoms with Crippen LogP contribution in [0.3, 0.4) is 0 Å². The number of hydrogen-bond donors (Lipinski definition) is 1. The average molecular weight is 199 g/mol. The summed E-state index contributed by atoms with van der Waals surface area (Å²) in [6.45, 7) is 6.41. The largest absolute Gasteiger partial charge is 0.324 e. The lowest BCUT2D eigenvalue weighted by Gasteiger charge is -2.20. The summed E-state index contributed by atoms with van der Waals surface area (Å²) in [4.78, 5) is 0. The Hall–Kier alpha value is 0.0500. The minimum Gasteiger partial charge on any atom is -0.324 e. The topological polar surface area (TPSA) is 26.0 Å². The van der Waals surface area contributed by atoms with Crippen molar-refractivity contribution in [1.29, 1.82) is 0 Å². The van der Waals surface area contributed by atoms with E-state index >= 15 is 0 Å². The summed E-state index contributed by atoms with van der Waals surface area (Å²) in [6.07, 6.45) is 5.97. The van der Waals surface area contributed by atoms with E-state index < -0.39 is 0 Å². The van der Waals surface area contributed by atoms with Gasteiger partial charge in [-0.05, 0) is 43.1 Å². The van der Waals surface area contributed by atoms with Gasteiger partial charge in [0.25, 0.3) is 0 Å². The van der Waals surface area contributed by atoms with Crippen LogP contribution in [0.1, 0.15) is 26.2 Å². The summed E-state index contributed by atoms with van der Waals surface area (Å²) in [7, 11) is 0. The molecular formula is C11H21NS. The van der Waals surface area contributed by atoms with Gasteiger partial charge in [-0.15, -0.1) is 0 Å². The van der Waals surface area contributed by atoms with Gasteiger partial charge in [0.05, 0.1) is 0 Å². The van der Waals surface area contributed by atoms with Gasteiger partial charge in [-0.25, -0.2) is 0 Å². The van der Waals surface area contributed by atoms with Gasteiger partial charge in [0.1, 0.15) is 0 Å². The highest BCUT2D eigenvalue weighted by Crippen LogP contribution is 2.40. The van der Waals surface area contributed by atoms with Crippen molar-refractivity contribution in [3.8, 4) is 0 Å². The van der Waals surface area contributed by atoms with Crippen LogP contribution < -0.4 is 5.73 Å². The van der Waals surface area contributed by atoms with Crippen molar-refractivity contribution < 1.29 is 0 Å². The minimum atomic E-state index is 0.225. The van der Waals surface area contributed by atoms with Gasteiger partial charge in [0.2, 0.25) is 0 Å². The van der Waals surface area contributed by atoms with Gasteiger partial charge in [-0.1, -0.05) is 19.1 Å². The van der Waals surface area contributed by atoms with Gasteiger partial charge in [-0.3, -0.25) is 0 Å². The van der Waals surface area contributed by atoms with E-state index in [-0.39, 0.29) is 6.04 Å². The summed E-state index contributed by atoms with van der Waals surface area (Å²) in [5.41, 5.74) is 7.33. The standard InChI is InChI=1S/C11H21NS/c1-8(10-4-5-10)9(2)11(12)6-7-13-3/h8,10-11H,2,4-7,12H2,1,3H3/t8?,11-/m0/s1. The maximum Gasteiger partial charge on any atom is 0.0261 e. The van der Waals surface area contributed by atoms with E-state index in [0.717, 1.165) is 18.1 Å². The molecule has 0 saturated heterocycles. The first-order chi connectivity index (χ1) is 6.16. The predicted octanol–water partition coefficient (Wildman–Crippen LogP) is 2.67. The molecule has 0 spiro atoms. The summed E-state index contributed by atoms with van der Waals surface area (Å²) >= 11 is 1.86. The number of nitrogens with two attached hydrogens (primary N) is 1. The highest BCUT2D eigenvalue weighted by Gasteiger charge is 2.30. The zero-order valence-electron chi connectivity index (χ0n) is 8.75. The maximum absolute atomic E-state index is 6.06. The molecule has 1 unspecified atom stereocenters. The Kier molecular flexibility index (Phi) is 4.33. The molecule has 0 aromatic heterocycles. The van der Waals surface area contributed by atoms with Crippen molar-refractivity contribution in [1.82, 2.24) is 0 Å². The van der Waals surface area contributed by atoms with Crippen LogP contribution in [0, 0.1) is 11.8 Å². The third-order valence-corrected chi connectivity index (χ3v) is 3.67. The van der Waals surface area contributed by atoms with Gasteiger partial charge in [0, 0.05) is 6.04 Å². The van der Waals surface area contributed by atoms with Crippen molar-refractivity contribution in [3.05, 3.63) is 12.2 Å². The quantitative estimate of drug-likeness (QED) is 0.666. The third kappa shape index (κ3) is 3.35. The Bertz CT molecular complexity index is 175. The molecule has 1 saturated carbocycles. The average Bonchev–Trinajstić information content (AvgIpc) is 2.94. The maximum atomic E-state index is 6.06. The smallest absolute Gasteiger partial charge is 0.0261 e. The zero-order valence-corrected chi connectivity index (χ0v) is 9.57. The molecule has 0 radical (unpaired) electrons. The molecule has 0 aromatic rings. The summed E-state index contributed by atoms with van der Waals surface area (Å²) in [5, 5.41) is 0. The number of hydrogen-bond acceptors (Lipinski definition) is 2. The van der Waals surface area contributed by atoms with Crippen molar-refractivity contribution in [3.63, 3.8) is 0 Å². The first-order valence-electron chi connectivity index (χ1n) is 5.10. The monoisotopic (exact) mass is 199 g/mol. The molecule has 0 bridgehead atoms. The van der Waals surface area contributed by atoms with E-state index in [1.807, 2.05) is 11.8 Å². The Balaban J connectivity index is 2.27. The Morgan fingerprint density at radius 3 is 2.69 bits per heavy atom. The molecule has 0 heterocycles. The fourth-order valence-electron chi connectivity index (χ4n) is 1.67. The Labute approximate surface area is 86.2 Å². The van der Waals surface area contributed by atoms with E-state index in [1.54, 1.807) is 0 Å². The predicted molar refractivity (Wildman–Crippen MR) is 62.0 cm³/mol. The summed E-state index contributed by atoms with van der Waals surface area (Å²) < 4.78 is 0. The van der Waals surface area contributed by atoms with Crippen LogP contribution >= 0.6 is 11.8 Å². The number of thioether (sulfide) groups is 1. The lowest BCUT2D eigenvalue weighted by molar-refractivity contribution is 0.537. The molecular weight excluding hydrogens is 178 g/mol. The highest BCUT2D eigenvalue weighted by molar-refractivity contribution is 7.98. The molecule has 1 aliphatic rings. The molecule has 0 amide bonds. The molecule has 13 heavy (non-hydrogen) atoms. The van der Waals surface area contributed by atoms with Crippen LogP contribution in [-0.2, 0) is 0 Å². The van der Waals surface area contributed by atoms with Crippen molar-refractivity contribution in [2.75, 3.05) is 12.0 Å². The fraction of sp³-hybridized carbons (Fsp3) is 0.818. The van der Waals surface area contributed by atoms with Gasteiger partial charge >= 0.3 is 0 Å². The van der Waals surface area contributed by atoms with Crippen LogP contribution in [0.25, 0.3) is 0 Å². The van der Waals surface area contributed by atoms with E-state index in [0.29, 0.717) is 5.92 Å². The molecule has 2 atom stereocenters. The van der Waals surface area contributed by atoms with Crippen LogP contribution in [0.15, 0.2) is 12.2 Å². The molecule has 0 aliphatic heterocycles. The lowest BCUT2D eigenvalue weighted by Crippen LogP contribution is -2.27. The van der Waals surface area contributed by atoms with E-state index in [4.69, 9.17) is 5.73 Å². The summed E-state index contributed by atoms with van der Waals surface area (Å²) in [6, 6.07) is 0.225. The molecule has 2 heteroatoms. The van der Waals surface area contributed by atoms with E-state index in [9.17, 15) is 0 Å². The second kappa shape index (κ2) is 5.06. The van der Waals surface area contributed by atoms with Crippen LogP contribution in [0.5, 0.6) is 0 Å². The first-order valence-corrected chi connectivity index (χ1v) is 6.49. The molecule has 1 nitrogen and oxygen atoms in total. The third-order valence-electron chi connectivity index (χ3n) is 3.02. The lowest BCUT2D eigenvalue weighted by atomic mass is 9.91. The Morgan fingerprint density at radius 1 is 1.62 bits per heavy atom. The second-order valence-corrected chi connectivity index (χ2v) is 5.07. The first kappa shape index (κ1) is 11.1. The summed E-state index contributed by atoms with van der Waals surface area (Å²) in [5.74, 6) is 2.70. The van der Waals surface area contributed by atoms with Crippen LogP contribution in [0.4, 0.5) is 0 Å². The zero-order chi connectivity index (χ0) is 9.84. The fourth-order valence-corrected chi connectivity index (χ4v) is 2.16. The van der Waals surface area contributed by atoms with Crippen LogP contribution in [-0.4, -0.2) is 18.1 Å². The Morgan fingerprint density at radius 2 is 2.23 bits per heavy atom. The normalized spacial score (nSPS) is 21.2. The van der Waals surface area contributed by atoms with Gasteiger partial charge in [0.15, 0.2) is 0 Å². The minimum absolute atomic E-state index is 0.225. The molecule has 76 valence electrons. The van der Waals surface area contributed by atoms with Crippen molar-refractivity contribution in [2.45, 2.75) is 32.2 Å². The molecule has 1 aliphatic carbocycles. The van der Waals surface area contributed by atoms with Crippen molar-refractivity contribution in [2.24, 2.45) is 17.6 Å². The molecule has 1 fully saturated rings. The molecule has 1 rings (SSSR count). The van der Waals surface area contributed by atoms with Crippen LogP contribution in [0.2, 0.25) is 0 Å². The van der Waals surface area contributed by atoms with Crippen molar-refractivity contribution >= 4 is 11.8 Å². The van der Waals surface area contributed by atoms with Gasteiger partial charge < -0.3 is 5.73 Å². The molecule has 2 N–H and O–H groups in total. The van der Waals surface area contributed by atoms with E-state index in [1.165, 1.54) is 18.4 Å².